The lowest BCUT2D eigenvalue weighted by Crippen LogP contribution is -2.33. The van der Waals surface area contributed by atoms with Crippen LogP contribution in [0.15, 0.2) is 28.1 Å². The van der Waals surface area contributed by atoms with Crippen molar-refractivity contribution in [3.63, 3.8) is 0 Å². The van der Waals surface area contributed by atoms with Crippen LogP contribution < -0.4 is 11.2 Å². The highest BCUT2D eigenvalue weighted by Gasteiger charge is 2.43. The molecule has 0 amide bonds. The standard InChI is InChI=1S/C13H21N2O13P3/c1-3-6-24-29(18,19)27-31(22,23)28-30(20,21)25-8-10-4-5-11(26-10)15-7-9(2)12(16)14-13(15)17/h3,6-7,10-11H,4-5,8H2,1-2H3,(H,18,19)(H,20,21)(H,22,23)(H,14,16,17)/t10-,11+/m0/s1. The second-order valence-corrected chi connectivity index (χ2v) is 10.8. The first-order valence-electron chi connectivity index (χ1n) is 8.56. The van der Waals surface area contributed by atoms with Gasteiger partial charge in [0.1, 0.15) is 6.23 Å². The van der Waals surface area contributed by atoms with Crippen molar-refractivity contribution in [3.05, 3.63) is 44.9 Å². The second kappa shape index (κ2) is 10.1. The Kier molecular flexibility index (Phi) is 8.39. The smallest absolute Gasteiger partial charge is 0.412 e. The van der Waals surface area contributed by atoms with E-state index in [-0.39, 0.29) is 12.0 Å². The molecule has 0 saturated carbocycles. The fourth-order valence-electron chi connectivity index (χ4n) is 2.45. The third kappa shape index (κ3) is 7.92. The first-order chi connectivity index (χ1) is 14.2. The van der Waals surface area contributed by atoms with Crippen molar-refractivity contribution < 1.29 is 50.8 Å². The minimum absolute atomic E-state index is 0.269. The van der Waals surface area contributed by atoms with Gasteiger partial charge in [0, 0.05) is 11.8 Å². The highest BCUT2D eigenvalue weighted by Crippen LogP contribution is 2.67. The van der Waals surface area contributed by atoms with Gasteiger partial charge < -0.3 is 19.0 Å². The van der Waals surface area contributed by atoms with Gasteiger partial charge in [0.2, 0.25) is 0 Å². The summed E-state index contributed by atoms with van der Waals surface area (Å²) in [4.78, 5) is 53.7. The molecule has 0 bridgehead atoms. The zero-order valence-corrected chi connectivity index (χ0v) is 18.9. The lowest BCUT2D eigenvalue weighted by molar-refractivity contribution is -0.0244. The zero-order chi connectivity index (χ0) is 23.4. The maximum atomic E-state index is 11.9. The highest BCUT2D eigenvalue weighted by molar-refractivity contribution is 7.66. The molecule has 1 aliphatic rings. The molecule has 0 spiro atoms. The van der Waals surface area contributed by atoms with Gasteiger partial charge in [-0.05, 0) is 26.7 Å². The third-order valence-corrected chi connectivity index (χ3v) is 7.87. The summed E-state index contributed by atoms with van der Waals surface area (Å²) in [7, 11) is -15.9. The topological polar surface area (TPSA) is 213 Å². The highest BCUT2D eigenvalue weighted by atomic mass is 31.3. The number of rotatable bonds is 10. The van der Waals surface area contributed by atoms with Crippen LogP contribution >= 0.6 is 23.5 Å². The van der Waals surface area contributed by atoms with Crippen molar-refractivity contribution in [2.24, 2.45) is 0 Å². The summed E-state index contributed by atoms with van der Waals surface area (Å²) in [6, 6.07) is 0. The number of phosphoric acid groups is 3. The van der Waals surface area contributed by atoms with Gasteiger partial charge >= 0.3 is 29.2 Å². The summed E-state index contributed by atoms with van der Waals surface area (Å²) in [5.74, 6) is 0. The van der Waals surface area contributed by atoms with Crippen molar-refractivity contribution >= 4 is 23.5 Å². The van der Waals surface area contributed by atoms with E-state index in [1.807, 2.05) is 0 Å². The fraction of sp³-hybridized carbons (Fsp3) is 0.538. The van der Waals surface area contributed by atoms with Crippen LogP contribution in [-0.4, -0.2) is 36.9 Å². The van der Waals surface area contributed by atoms with E-state index in [1.165, 1.54) is 26.1 Å². The number of nitrogens with zero attached hydrogens (tertiary/aromatic N) is 1. The summed E-state index contributed by atoms with van der Waals surface area (Å²) >= 11 is 0. The van der Waals surface area contributed by atoms with Crippen LogP contribution in [0.3, 0.4) is 0 Å². The molecule has 5 atom stereocenters. The average molecular weight is 506 g/mol. The Bertz CT molecular complexity index is 1080. The summed E-state index contributed by atoms with van der Waals surface area (Å²) in [5, 5.41) is 0. The van der Waals surface area contributed by atoms with Crippen LogP contribution in [0, 0.1) is 6.92 Å². The number of hydrogen-bond acceptors (Lipinski definition) is 10. The molecule has 31 heavy (non-hydrogen) atoms. The molecule has 2 rings (SSSR count). The first-order valence-corrected chi connectivity index (χ1v) is 13.0. The van der Waals surface area contributed by atoms with E-state index in [4.69, 9.17) is 4.74 Å². The number of nitrogens with one attached hydrogen (secondary N) is 1. The maximum absolute atomic E-state index is 11.9. The van der Waals surface area contributed by atoms with Crippen molar-refractivity contribution in [3.8, 4) is 0 Å². The van der Waals surface area contributed by atoms with Crippen LogP contribution in [0.2, 0.25) is 0 Å². The molecule has 2 heterocycles. The molecule has 1 saturated heterocycles. The number of aryl methyl sites for hydroxylation is 1. The first kappa shape index (κ1) is 25.9. The van der Waals surface area contributed by atoms with Crippen molar-refractivity contribution in [2.45, 2.75) is 39.0 Å². The Morgan fingerprint density at radius 1 is 1.16 bits per heavy atom. The van der Waals surface area contributed by atoms with Crippen LogP contribution in [0.4, 0.5) is 0 Å². The molecule has 18 heteroatoms. The quantitative estimate of drug-likeness (QED) is 0.261. The number of allylic oxidation sites excluding steroid dienone is 1. The number of ether oxygens (including phenoxy) is 1. The molecule has 176 valence electrons. The lowest BCUT2D eigenvalue weighted by Gasteiger charge is -2.19. The van der Waals surface area contributed by atoms with Crippen molar-refractivity contribution in [2.75, 3.05) is 6.61 Å². The third-order valence-electron chi connectivity index (χ3n) is 3.71. The molecule has 15 nitrogen and oxygen atoms in total. The second-order valence-electron chi connectivity index (χ2n) is 6.21. The van der Waals surface area contributed by atoms with Crippen molar-refractivity contribution in [1.29, 1.82) is 0 Å². The van der Waals surface area contributed by atoms with Crippen molar-refractivity contribution in [1.82, 2.24) is 9.55 Å². The number of H-pyrrole nitrogens is 1. The predicted molar refractivity (Wildman–Crippen MR) is 103 cm³/mol. The van der Waals surface area contributed by atoms with E-state index in [1.54, 1.807) is 0 Å². The van der Waals surface area contributed by atoms with Gasteiger partial charge in [-0.3, -0.25) is 23.8 Å². The monoisotopic (exact) mass is 506 g/mol. The van der Waals surface area contributed by atoms with Gasteiger partial charge in [0.05, 0.1) is 19.0 Å². The van der Waals surface area contributed by atoms with Gasteiger partial charge in [-0.15, -0.1) is 0 Å². The molecule has 3 unspecified atom stereocenters. The minimum Gasteiger partial charge on any atom is -0.412 e. The molecule has 0 aliphatic carbocycles. The summed E-state index contributed by atoms with van der Waals surface area (Å²) in [6.07, 6.45) is 2.14. The molecule has 1 aliphatic heterocycles. The van der Waals surface area contributed by atoms with Crippen LogP contribution in [0.1, 0.15) is 31.6 Å². The van der Waals surface area contributed by atoms with Gasteiger partial charge in [-0.1, -0.05) is 6.08 Å². The summed E-state index contributed by atoms with van der Waals surface area (Å²) < 4.78 is 58.3. The van der Waals surface area contributed by atoms with Crippen LogP contribution in [0.5, 0.6) is 0 Å². The Morgan fingerprint density at radius 2 is 1.81 bits per heavy atom. The Labute approximate surface area is 175 Å². The number of phosphoric ester groups is 2. The molecular formula is C13H21N2O13P3. The Hall–Kier alpha value is -1.37. The number of hydrogen-bond donors (Lipinski definition) is 4. The number of aromatic amines is 1. The minimum atomic E-state index is -5.54. The lowest BCUT2D eigenvalue weighted by atomic mass is 10.2. The van der Waals surface area contributed by atoms with E-state index in [0.717, 1.165) is 4.57 Å². The Morgan fingerprint density at radius 3 is 2.45 bits per heavy atom. The molecular weight excluding hydrogens is 485 g/mol. The average Bonchev–Trinajstić information content (AvgIpc) is 3.08. The molecule has 0 aromatic carbocycles. The molecule has 1 aromatic heterocycles. The normalized spacial score (nSPS) is 25.1. The molecule has 4 N–H and O–H groups in total. The van der Waals surface area contributed by atoms with E-state index < -0.39 is 53.7 Å². The van der Waals surface area contributed by atoms with Crippen LogP contribution in [-0.2, 0) is 36.1 Å². The largest absolute Gasteiger partial charge is 0.535 e. The SMILES string of the molecule is CC=COP(=O)(O)OP(=O)(O)OP(=O)(O)OC[C@@H]1CC[C@H](n2cc(C)c(=O)[nH]c2=O)O1. The van der Waals surface area contributed by atoms with E-state index in [9.17, 15) is 38.0 Å². The number of aromatic nitrogens is 2. The summed E-state index contributed by atoms with van der Waals surface area (Å²) in [5.41, 5.74) is -0.976. The van der Waals surface area contributed by atoms with Crippen LogP contribution in [0.25, 0.3) is 0 Å². The van der Waals surface area contributed by atoms with E-state index in [2.05, 4.69) is 22.7 Å². The molecule has 1 aromatic rings. The van der Waals surface area contributed by atoms with Gasteiger partial charge in [0.25, 0.3) is 5.56 Å². The maximum Gasteiger partial charge on any atom is 0.535 e. The molecule has 0 radical (unpaired) electrons. The zero-order valence-electron chi connectivity index (χ0n) is 16.2. The Balaban J connectivity index is 1.94. The van der Waals surface area contributed by atoms with Gasteiger partial charge in [-0.2, -0.15) is 8.62 Å². The molecule has 1 fully saturated rings. The van der Waals surface area contributed by atoms with E-state index >= 15 is 0 Å². The fourth-order valence-corrected chi connectivity index (χ4v) is 5.89. The summed E-state index contributed by atoms with van der Waals surface area (Å²) in [6.45, 7) is 2.32. The van der Waals surface area contributed by atoms with Gasteiger partial charge in [-0.25, -0.2) is 18.5 Å². The van der Waals surface area contributed by atoms with Gasteiger partial charge in [0.15, 0.2) is 0 Å². The van der Waals surface area contributed by atoms with E-state index in [0.29, 0.717) is 12.7 Å². The predicted octanol–water partition coefficient (Wildman–Crippen LogP) is 1.42.